The molecule has 0 saturated heterocycles. The molecule has 1 atom stereocenters. The van der Waals surface area contributed by atoms with Gasteiger partial charge in [0.2, 0.25) is 5.88 Å². The number of hydrogen-bond acceptors (Lipinski definition) is 5. The Morgan fingerprint density at radius 1 is 1.32 bits per heavy atom. The summed E-state index contributed by atoms with van der Waals surface area (Å²) in [6.45, 7) is 1.82. The number of carboxylic acid groups (broad SMARTS) is 1. The number of ether oxygens (including phenoxy) is 2. The predicted octanol–water partition coefficient (Wildman–Crippen LogP) is 1.66. The van der Waals surface area contributed by atoms with E-state index in [0.717, 1.165) is 5.56 Å². The second kappa shape index (κ2) is 8.18. The molecule has 0 aliphatic carbocycles. The lowest BCUT2D eigenvalue weighted by atomic mass is 10.1. The highest BCUT2D eigenvalue weighted by molar-refractivity contribution is 5.80. The van der Waals surface area contributed by atoms with Gasteiger partial charge in [0.05, 0.1) is 12.8 Å². The summed E-state index contributed by atoms with van der Waals surface area (Å²) in [6.07, 6.45) is -0.754. The Labute approximate surface area is 145 Å². The van der Waals surface area contributed by atoms with Crippen molar-refractivity contribution < 1.29 is 24.2 Å². The fraction of sp³-hybridized carbons (Fsp3) is 0.353. The molecule has 1 amide bonds. The second-order valence-electron chi connectivity index (χ2n) is 5.50. The lowest BCUT2D eigenvalue weighted by Crippen LogP contribution is -2.42. The summed E-state index contributed by atoms with van der Waals surface area (Å²) < 4.78 is 11.8. The molecule has 8 nitrogen and oxygen atoms in total. The van der Waals surface area contributed by atoms with Crippen LogP contribution in [0.15, 0.2) is 30.3 Å². The van der Waals surface area contributed by atoms with Crippen LogP contribution in [0.4, 0.5) is 4.79 Å². The molecular weight excluding hydrogens is 326 g/mol. The van der Waals surface area contributed by atoms with Gasteiger partial charge in [0.1, 0.15) is 12.6 Å². The molecule has 2 rings (SSSR count). The molecule has 1 aromatic carbocycles. The maximum absolute atomic E-state index is 11.9. The van der Waals surface area contributed by atoms with Crippen LogP contribution in [0.5, 0.6) is 5.88 Å². The fourth-order valence-corrected chi connectivity index (χ4v) is 2.48. The molecule has 0 bridgehead atoms. The minimum absolute atomic E-state index is 0.0403. The molecule has 0 fully saturated rings. The van der Waals surface area contributed by atoms with Crippen LogP contribution in [0.3, 0.4) is 0 Å². The molecule has 0 aliphatic rings. The van der Waals surface area contributed by atoms with E-state index in [1.807, 2.05) is 30.3 Å². The molecule has 2 aromatic rings. The summed E-state index contributed by atoms with van der Waals surface area (Å²) in [6, 6.07) is 7.98. The maximum Gasteiger partial charge on any atom is 0.408 e. The SMILES string of the molecule is COc1c(CC(NC(=O)OCc2ccccc2)C(=O)O)c(C)nn1C. The van der Waals surface area contributed by atoms with E-state index in [1.165, 1.54) is 11.8 Å². The van der Waals surface area contributed by atoms with Gasteiger partial charge in [-0.3, -0.25) is 0 Å². The van der Waals surface area contributed by atoms with Crippen molar-refractivity contribution in [1.29, 1.82) is 0 Å². The van der Waals surface area contributed by atoms with E-state index in [1.54, 1.807) is 14.0 Å². The van der Waals surface area contributed by atoms with Gasteiger partial charge in [-0.25, -0.2) is 14.3 Å². The van der Waals surface area contributed by atoms with E-state index < -0.39 is 18.1 Å². The smallest absolute Gasteiger partial charge is 0.408 e. The third kappa shape index (κ3) is 4.72. The summed E-state index contributed by atoms with van der Waals surface area (Å²) in [4.78, 5) is 23.4. The number of aliphatic carboxylic acids is 1. The van der Waals surface area contributed by atoms with E-state index in [9.17, 15) is 14.7 Å². The van der Waals surface area contributed by atoms with E-state index in [0.29, 0.717) is 17.1 Å². The molecule has 134 valence electrons. The van der Waals surface area contributed by atoms with Crippen LogP contribution in [0.2, 0.25) is 0 Å². The molecule has 0 radical (unpaired) electrons. The first kappa shape index (κ1) is 18.3. The number of rotatable bonds is 7. The molecule has 1 unspecified atom stereocenters. The molecule has 0 aliphatic heterocycles. The van der Waals surface area contributed by atoms with Crippen molar-refractivity contribution >= 4 is 12.1 Å². The van der Waals surface area contributed by atoms with Gasteiger partial charge in [-0.1, -0.05) is 30.3 Å². The summed E-state index contributed by atoms with van der Waals surface area (Å²) in [5, 5.41) is 16.0. The van der Waals surface area contributed by atoms with Crippen molar-refractivity contribution in [3.05, 3.63) is 47.2 Å². The number of nitrogens with zero attached hydrogens (tertiary/aromatic N) is 2. The fourth-order valence-electron chi connectivity index (χ4n) is 2.48. The summed E-state index contributed by atoms with van der Waals surface area (Å²) in [5.41, 5.74) is 2.08. The number of carbonyl (C=O) groups excluding carboxylic acids is 1. The van der Waals surface area contributed by atoms with Gasteiger partial charge < -0.3 is 19.9 Å². The van der Waals surface area contributed by atoms with Crippen LogP contribution in [-0.4, -0.2) is 40.1 Å². The zero-order valence-corrected chi connectivity index (χ0v) is 14.4. The molecule has 0 spiro atoms. The van der Waals surface area contributed by atoms with E-state index in [2.05, 4.69) is 10.4 Å². The molecule has 25 heavy (non-hydrogen) atoms. The van der Waals surface area contributed by atoms with Gasteiger partial charge in [0.15, 0.2) is 0 Å². The number of carbonyl (C=O) groups is 2. The Bertz CT molecular complexity index is 742. The van der Waals surface area contributed by atoms with E-state index in [-0.39, 0.29) is 13.0 Å². The van der Waals surface area contributed by atoms with Crippen molar-refractivity contribution in [3.63, 3.8) is 0 Å². The number of hydrogen-bond donors (Lipinski definition) is 2. The topological polar surface area (TPSA) is 103 Å². The number of amides is 1. The third-order valence-corrected chi connectivity index (χ3v) is 3.69. The number of methoxy groups -OCH3 is 1. The van der Waals surface area contributed by atoms with Gasteiger partial charge in [0.25, 0.3) is 0 Å². The second-order valence-corrected chi connectivity index (χ2v) is 5.50. The highest BCUT2D eigenvalue weighted by Gasteiger charge is 2.26. The average Bonchev–Trinajstić information content (AvgIpc) is 2.86. The Morgan fingerprint density at radius 3 is 2.60 bits per heavy atom. The number of carboxylic acids is 1. The number of nitrogens with one attached hydrogen (secondary N) is 1. The standard InChI is InChI=1S/C17H21N3O5/c1-11-13(15(24-3)20(2)19-11)9-14(16(21)22)18-17(23)25-10-12-7-5-4-6-8-12/h4-8,14H,9-10H2,1-3H3,(H,18,23)(H,21,22). The van der Waals surface area contributed by atoms with E-state index in [4.69, 9.17) is 9.47 Å². The minimum Gasteiger partial charge on any atom is -0.481 e. The molecule has 1 heterocycles. The number of alkyl carbamates (subject to hydrolysis) is 1. The number of aryl methyl sites for hydroxylation is 2. The van der Waals surface area contributed by atoms with Gasteiger partial charge in [-0.15, -0.1) is 0 Å². The normalized spacial score (nSPS) is 11.6. The molecular formula is C17H21N3O5. The lowest BCUT2D eigenvalue weighted by molar-refractivity contribution is -0.139. The van der Waals surface area contributed by atoms with Crippen molar-refractivity contribution in [1.82, 2.24) is 15.1 Å². The summed E-state index contributed by atoms with van der Waals surface area (Å²) >= 11 is 0. The zero-order chi connectivity index (χ0) is 18.4. The Balaban J connectivity index is 2.01. The first-order valence-corrected chi connectivity index (χ1v) is 7.68. The van der Waals surface area contributed by atoms with Crippen LogP contribution < -0.4 is 10.1 Å². The summed E-state index contributed by atoms with van der Waals surface area (Å²) in [7, 11) is 3.18. The van der Waals surface area contributed by atoms with Crippen LogP contribution in [0.1, 0.15) is 16.8 Å². The Morgan fingerprint density at radius 2 is 2.00 bits per heavy atom. The van der Waals surface area contributed by atoms with Crippen LogP contribution in [-0.2, 0) is 29.6 Å². The molecule has 2 N–H and O–H groups in total. The quantitative estimate of drug-likeness (QED) is 0.790. The largest absolute Gasteiger partial charge is 0.481 e. The minimum atomic E-state index is -1.16. The maximum atomic E-state index is 11.9. The van der Waals surface area contributed by atoms with Crippen LogP contribution in [0.25, 0.3) is 0 Å². The van der Waals surface area contributed by atoms with Crippen LogP contribution >= 0.6 is 0 Å². The van der Waals surface area contributed by atoms with Crippen molar-refractivity contribution in [2.45, 2.75) is 26.0 Å². The van der Waals surface area contributed by atoms with Gasteiger partial charge in [0, 0.05) is 19.0 Å². The Kier molecular flexibility index (Phi) is 5.99. The first-order chi connectivity index (χ1) is 11.9. The zero-order valence-electron chi connectivity index (χ0n) is 14.4. The third-order valence-electron chi connectivity index (χ3n) is 3.69. The number of aromatic nitrogens is 2. The van der Waals surface area contributed by atoms with Crippen molar-refractivity contribution in [3.8, 4) is 5.88 Å². The van der Waals surface area contributed by atoms with Crippen molar-refractivity contribution in [2.24, 2.45) is 7.05 Å². The van der Waals surface area contributed by atoms with E-state index >= 15 is 0 Å². The van der Waals surface area contributed by atoms with Gasteiger partial charge >= 0.3 is 12.1 Å². The van der Waals surface area contributed by atoms with Gasteiger partial charge in [-0.05, 0) is 12.5 Å². The van der Waals surface area contributed by atoms with Crippen LogP contribution in [0, 0.1) is 6.92 Å². The monoisotopic (exact) mass is 347 g/mol. The van der Waals surface area contributed by atoms with Gasteiger partial charge in [-0.2, -0.15) is 5.10 Å². The lowest BCUT2D eigenvalue weighted by Gasteiger charge is -2.15. The molecule has 1 aromatic heterocycles. The highest BCUT2D eigenvalue weighted by Crippen LogP contribution is 2.22. The molecule has 8 heteroatoms. The van der Waals surface area contributed by atoms with Crippen molar-refractivity contribution in [2.75, 3.05) is 7.11 Å². The highest BCUT2D eigenvalue weighted by atomic mass is 16.5. The summed E-state index contributed by atoms with van der Waals surface area (Å²) in [5.74, 6) is -0.704. The molecule has 0 saturated carbocycles. The predicted molar refractivity (Wildman–Crippen MR) is 89.4 cm³/mol. The first-order valence-electron chi connectivity index (χ1n) is 7.68. The average molecular weight is 347 g/mol. The number of benzene rings is 1. The Hall–Kier alpha value is -3.03.